The molecule has 0 unspecified atom stereocenters. The molecule has 1 N–H and O–H groups in total. The van der Waals surface area contributed by atoms with Crippen LogP contribution in [0.4, 0.5) is 0 Å². The first-order valence-corrected chi connectivity index (χ1v) is 9.66. The number of nitrogens with zero attached hydrogens (tertiary/aromatic N) is 3. The molecule has 0 atom stereocenters. The number of pyridine rings is 1. The molecule has 2 heterocycles. The van der Waals surface area contributed by atoms with Crippen LogP contribution >= 0.6 is 23.4 Å². The van der Waals surface area contributed by atoms with E-state index < -0.39 is 5.56 Å². The second kappa shape index (κ2) is 8.78. The average Bonchev–Trinajstić information content (AvgIpc) is 2.72. The highest BCUT2D eigenvalue weighted by Crippen LogP contribution is 2.33. The molecule has 0 fully saturated rings. The molecule has 0 aliphatic rings. The number of rotatable bonds is 6. The molecule has 3 aromatic rings. The summed E-state index contributed by atoms with van der Waals surface area (Å²) < 4.78 is 11.2. The fourth-order valence-electron chi connectivity index (χ4n) is 2.45. The van der Waals surface area contributed by atoms with Gasteiger partial charge in [-0.15, -0.1) is 0 Å². The number of nitriles is 1. The molecule has 0 spiro atoms. The maximum Gasteiger partial charge on any atom is 0.270 e. The number of ether oxygens (including phenoxy) is 2. The Kier molecular flexibility index (Phi) is 6.19. The van der Waals surface area contributed by atoms with Gasteiger partial charge in [0.1, 0.15) is 23.4 Å². The van der Waals surface area contributed by atoms with Crippen molar-refractivity contribution in [3.05, 3.63) is 63.2 Å². The van der Waals surface area contributed by atoms with Crippen molar-refractivity contribution in [3.8, 4) is 28.8 Å². The monoisotopic (exact) mass is 414 g/mol. The number of thioether (sulfide) groups is 1. The van der Waals surface area contributed by atoms with Gasteiger partial charge in [-0.25, -0.2) is 9.97 Å². The van der Waals surface area contributed by atoms with Crippen LogP contribution in [0.2, 0.25) is 5.15 Å². The normalized spacial score (nSPS) is 10.4. The molecule has 3 rings (SSSR count). The van der Waals surface area contributed by atoms with E-state index in [-0.39, 0.29) is 12.2 Å². The van der Waals surface area contributed by atoms with Crippen LogP contribution in [0.15, 0.2) is 46.5 Å². The predicted octanol–water partition coefficient (Wildman–Crippen LogP) is 3.67. The zero-order valence-corrected chi connectivity index (χ0v) is 16.6. The van der Waals surface area contributed by atoms with Gasteiger partial charge in [-0.05, 0) is 30.5 Å². The molecule has 1 aromatic carbocycles. The Balaban J connectivity index is 1.93. The van der Waals surface area contributed by atoms with Gasteiger partial charge in [0.25, 0.3) is 5.56 Å². The number of hydrogen-bond acceptors (Lipinski definition) is 7. The number of aromatic nitrogens is 3. The summed E-state index contributed by atoms with van der Waals surface area (Å²) in [6.07, 6.45) is 3.42. The van der Waals surface area contributed by atoms with E-state index in [1.165, 1.54) is 18.9 Å². The molecule has 0 bridgehead atoms. The minimum Gasteiger partial charge on any atom is -0.493 e. The molecule has 0 aliphatic carbocycles. The standard InChI is InChI=1S/C19H15ClN4O3S/c1-26-15-7-12(17-13(8-21)18(25)24-19(23-17)28-2)4-5-14(15)27-10-11-3-6-16(20)22-9-11/h3-7,9H,10H2,1-2H3,(H,23,24,25). The van der Waals surface area contributed by atoms with Crippen LogP contribution in [0.25, 0.3) is 11.3 Å². The lowest BCUT2D eigenvalue weighted by molar-refractivity contribution is 0.284. The van der Waals surface area contributed by atoms with Crippen LogP contribution in [0.3, 0.4) is 0 Å². The minimum atomic E-state index is -0.480. The van der Waals surface area contributed by atoms with E-state index in [0.29, 0.717) is 33.1 Å². The second-order valence-electron chi connectivity index (χ2n) is 5.55. The quantitative estimate of drug-likeness (QED) is 0.373. The summed E-state index contributed by atoms with van der Waals surface area (Å²) in [5, 5.41) is 10.2. The number of nitrogens with one attached hydrogen (secondary N) is 1. The third-order valence-electron chi connectivity index (χ3n) is 3.82. The van der Waals surface area contributed by atoms with Crippen molar-refractivity contribution in [2.24, 2.45) is 0 Å². The van der Waals surface area contributed by atoms with Crippen molar-refractivity contribution < 1.29 is 9.47 Å². The molecule has 9 heteroatoms. The van der Waals surface area contributed by atoms with Crippen molar-refractivity contribution in [1.29, 1.82) is 5.26 Å². The van der Waals surface area contributed by atoms with E-state index >= 15 is 0 Å². The Morgan fingerprint density at radius 3 is 2.75 bits per heavy atom. The average molecular weight is 415 g/mol. The maximum atomic E-state index is 12.1. The Bertz CT molecular complexity index is 1090. The lowest BCUT2D eigenvalue weighted by Crippen LogP contribution is -2.14. The molecular formula is C19H15ClN4O3S. The zero-order chi connectivity index (χ0) is 20.1. The van der Waals surface area contributed by atoms with Gasteiger partial charge >= 0.3 is 0 Å². The fraction of sp³-hybridized carbons (Fsp3) is 0.158. The van der Waals surface area contributed by atoms with Crippen LogP contribution in [0.1, 0.15) is 11.1 Å². The first kappa shape index (κ1) is 19.7. The summed E-state index contributed by atoms with van der Waals surface area (Å²) in [5.74, 6) is 0.964. The van der Waals surface area contributed by atoms with E-state index in [1.54, 1.807) is 36.7 Å². The maximum absolute atomic E-state index is 12.1. The van der Waals surface area contributed by atoms with Gasteiger partial charge in [0.2, 0.25) is 0 Å². The molecule has 0 radical (unpaired) electrons. The number of aromatic amines is 1. The number of benzene rings is 1. The third-order valence-corrected chi connectivity index (χ3v) is 4.63. The van der Waals surface area contributed by atoms with E-state index in [9.17, 15) is 10.1 Å². The highest BCUT2D eigenvalue weighted by atomic mass is 35.5. The topological polar surface area (TPSA) is 101 Å². The summed E-state index contributed by atoms with van der Waals surface area (Å²) in [5.41, 5.74) is 1.19. The fourth-order valence-corrected chi connectivity index (χ4v) is 2.94. The number of methoxy groups -OCH3 is 1. The molecule has 28 heavy (non-hydrogen) atoms. The molecule has 0 saturated carbocycles. The first-order chi connectivity index (χ1) is 13.5. The van der Waals surface area contributed by atoms with Crippen molar-refractivity contribution >= 4 is 23.4 Å². The Hall–Kier alpha value is -3.02. The first-order valence-electron chi connectivity index (χ1n) is 8.05. The van der Waals surface area contributed by atoms with Crippen LogP contribution in [0, 0.1) is 11.3 Å². The Morgan fingerprint density at radius 2 is 2.11 bits per heavy atom. The van der Waals surface area contributed by atoms with Crippen molar-refractivity contribution in [1.82, 2.24) is 15.0 Å². The van der Waals surface area contributed by atoms with Crippen LogP contribution in [0.5, 0.6) is 11.5 Å². The lowest BCUT2D eigenvalue weighted by atomic mass is 10.1. The highest BCUT2D eigenvalue weighted by molar-refractivity contribution is 7.98. The molecular weight excluding hydrogens is 400 g/mol. The predicted molar refractivity (Wildman–Crippen MR) is 107 cm³/mol. The van der Waals surface area contributed by atoms with Gasteiger partial charge in [-0.1, -0.05) is 29.4 Å². The Morgan fingerprint density at radius 1 is 1.29 bits per heavy atom. The van der Waals surface area contributed by atoms with Gasteiger partial charge in [-0.3, -0.25) is 4.79 Å². The van der Waals surface area contributed by atoms with Gasteiger partial charge in [-0.2, -0.15) is 5.26 Å². The minimum absolute atomic E-state index is 0.0549. The highest BCUT2D eigenvalue weighted by Gasteiger charge is 2.15. The third kappa shape index (κ3) is 4.27. The van der Waals surface area contributed by atoms with Crippen molar-refractivity contribution in [2.75, 3.05) is 13.4 Å². The van der Waals surface area contributed by atoms with E-state index in [0.717, 1.165) is 5.56 Å². The lowest BCUT2D eigenvalue weighted by Gasteiger charge is -2.13. The van der Waals surface area contributed by atoms with Gasteiger partial charge in [0, 0.05) is 17.3 Å². The molecule has 0 amide bonds. The number of H-pyrrole nitrogens is 1. The van der Waals surface area contributed by atoms with E-state index in [1.807, 2.05) is 12.1 Å². The summed E-state index contributed by atoms with van der Waals surface area (Å²) in [7, 11) is 1.51. The van der Waals surface area contributed by atoms with Crippen LogP contribution < -0.4 is 15.0 Å². The number of halogens is 1. The summed E-state index contributed by atoms with van der Waals surface area (Å²) in [6, 6.07) is 10.5. The van der Waals surface area contributed by atoms with Crippen molar-refractivity contribution in [3.63, 3.8) is 0 Å². The van der Waals surface area contributed by atoms with Gasteiger partial charge in [0.15, 0.2) is 16.7 Å². The summed E-state index contributed by atoms with van der Waals surface area (Å²) in [4.78, 5) is 23.1. The summed E-state index contributed by atoms with van der Waals surface area (Å²) in [6.45, 7) is 0.281. The molecule has 0 aliphatic heterocycles. The van der Waals surface area contributed by atoms with Gasteiger partial charge < -0.3 is 14.5 Å². The zero-order valence-electron chi connectivity index (χ0n) is 15.0. The molecule has 7 nitrogen and oxygen atoms in total. The Labute approximate surface area is 170 Å². The molecule has 0 saturated heterocycles. The van der Waals surface area contributed by atoms with Crippen molar-refractivity contribution in [2.45, 2.75) is 11.8 Å². The SMILES string of the molecule is COc1cc(-c2nc(SC)[nH]c(=O)c2C#N)ccc1OCc1ccc(Cl)nc1. The van der Waals surface area contributed by atoms with Gasteiger partial charge in [0.05, 0.1) is 12.8 Å². The smallest absolute Gasteiger partial charge is 0.270 e. The summed E-state index contributed by atoms with van der Waals surface area (Å²) >= 11 is 7.07. The largest absolute Gasteiger partial charge is 0.493 e. The number of hydrogen-bond donors (Lipinski definition) is 1. The van der Waals surface area contributed by atoms with E-state index in [2.05, 4.69) is 15.0 Å². The molecule has 2 aromatic heterocycles. The van der Waals surface area contributed by atoms with E-state index in [4.69, 9.17) is 21.1 Å². The second-order valence-corrected chi connectivity index (χ2v) is 6.74. The van der Waals surface area contributed by atoms with Crippen LogP contribution in [-0.2, 0) is 6.61 Å². The molecule has 142 valence electrons. The van der Waals surface area contributed by atoms with Crippen LogP contribution in [-0.4, -0.2) is 28.3 Å².